The van der Waals surface area contributed by atoms with Gasteiger partial charge < -0.3 is 14.7 Å². The van der Waals surface area contributed by atoms with Gasteiger partial charge in [0.1, 0.15) is 5.72 Å². The largest absolute Gasteiger partial charge is 0.860 e. The van der Waals surface area contributed by atoms with Crippen molar-refractivity contribution in [3.8, 4) is 0 Å². The summed E-state index contributed by atoms with van der Waals surface area (Å²) in [5.41, 5.74) is -0.323. The molecule has 0 bridgehead atoms. The molecular weight excluding hydrogens is 142 g/mol. The van der Waals surface area contributed by atoms with E-state index in [2.05, 4.69) is 0 Å². The fourth-order valence-corrected chi connectivity index (χ4v) is 1.89. The Morgan fingerprint density at radius 3 is 3.18 bits per heavy atom. The fourth-order valence-electron chi connectivity index (χ4n) is 1.89. The first-order valence-corrected chi connectivity index (χ1v) is 3.94. The second kappa shape index (κ2) is 1.91. The minimum absolute atomic E-state index is 0.123. The summed E-state index contributed by atoms with van der Waals surface area (Å²) in [5.74, 6) is 0.123. The lowest BCUT2D eigenvalue weighted by Crippen LogP contribution is -2.42. The van der Waals surface area contributed by atoms with Crippen molar-refractivity contribution in [3.05, 3.63) is 12.0 Å². The van der Waals surface area contributed by atoms with Crippen LogP contribution in [0.5, 0.6) is 0 Å². The Morgan fingerprint density at radius 1 is 1.82 bits per heavy atom. The van der Waals surface area contributed by atoms with Crippen LogP contribution in [-0.2, 0) is 4.74 Å². The molecule has 0 unspecified atom stereocenters. The Labute approximate surface area is 66.3 Å². The molecule has 3 nitrogen and oxygen atoms in total. The van der Waals surface area contributed by atoms with Crippen molar-refractivity contribution >= 4 is 0 Å². The van der Waals surface area contributed by atoms with Crippen LogP contribution >= 0.6 is 0 Å². The number of hydrogen-bond donors (Lipinski definition) is 0. The summed E-state index contributed by atoms with van der Waals surface area (Å²) in [4.78, 5) is 1.83. The summed E-state index contributed by atoms with van der Waals surface area (Å²) < 4.78 is 5.52. The second-order valence-electron chi connectivity index (χ2n) is 3.45. The Balaban J connectivity index is 2.30. The lowest BCUT2D eigenvalue weighted by Gasteiger charge is -2.35. The summed E-state index contributed by atoms with van der Waals surface area (Å²) in [6.45, 7) is 4.66. The van der Waals surface area contributed by atoms with E-state index in [9.17, 15) is 5.11 Å². The van der Waals surface area contributed by atoms with E-state index in [1.807, 2.05) is 18.7 Å². The van der Waals surface area contributed by atoms with E-state index in [1.165, 1.54) is 0 Å². The minimum atomic E-state index is -0.323. The molecule has 0 aromatic heterocycles. The average molecular weight is 154 g/mol. The molecule has 0 N–H and O–H groups in total. The molecule has 2 heterocycles. The molecule has 11 heavy (non-hydrogen) atoms. The molecule has 2 atom stereocenters. The van der Waals surface area contributed by atoms with Crippen molar-refractivity contribution < 1.29 is 9.84 Å². The SMILES string of the molecule is C[C@H]1CO[C@]2(C)CC=C([O-])N12. The Kier molecular flexibility index (Phi) is 1.21. The van der Waals surface area contributed by atoms with Gasteiger partial charge in [-0.2, -0.15) is 0 Å². The van der Waals surface area contributed by atoms with Crippen LogP contribution in [0.3, 0.4) is 0 Å². The third-order valence-electron chi connectivity index (χ3n) is 2.48. The van der Waals surface area contributed by atoms with Crippen molar-refractivity contribution in [2.24, 2.45) is 0 Å². The molecule has 0 amide bonds. The van der Waals surface area contributed by atoms with Crippen LogP contribution in [0.1, 0.15) is 20.3 Å². The number of hydrogen-bond acceptors (Lipinski definition) is 3. The van der Waals surface area contributed by atoms with E-state index in [0.717, 1.165) is 6.42 Å². The van der Waals surface area contributed by atoms with Crippen molar-refractivity contribution in [2.45, 2.75) is 32.0 Å². The van der Waals surface area contributed by atoms with E-state index in [0.29, 0.717) is 6.61 Å². The van der Waals surface area contributed by atoms with Crippen LogP contribution in [0.25, 0.3) is 0 Å². The lowest BCUT2D eigenvalue weighted by atomic mass is 10.2. The van der Waals surface area contributed by atoms with Gasteiger partial charge >= 0.3 is 0 Å². The van der Waals surface area contributed by atoms with Crippen LogP contribution in [0.15, 0.2) is 12.0 Å². The van der Waals surface area contributed by atoms with Gasteiger partial charge in [0.15, 0.2) is 0 Å². The van der Waals surface area contributed by atoms with Gasteiger partial charge in [0.2, 0.25) is 0 Å². The Bertz CT molecular complexity index is 214. The standard InChI is InChI=1S/C8H13NO2/c1-6-5-11-8(2)4-3-7(10)9(6)8/h3,6,10H,4-5H2,1-2H3/p-1/t6-,8+/m0/s1. The molecule has 2 rings (SSSR count). The zero-order valence-electron chi connectivity index (χ0n) is 6.83. The first kappa shape index (κ1) is 6.98. The smallest absolute Gasteiger partial charge is 0.141 e. The Hall–Kier alpha value is -0.700. The molecule has 0 aliphatic carbocycles. The van der Waals surface area contributed by atoms with E-state index < -0.39 is 0 Å². The normalized spacial score (nSPS) is 42.5. The van der Waals surface area contributed by atoms with Gasteiger partial charge in [0, 0.05) is 6.42 Å². The fraction of sp³-hybridized carbons (Fsp3) is 0.750. The van der Waals surface area contributed by atoms with Gasteiger partial charge in [0.05, 0.1) is 12.6 Å². The number of ether oxygens (including phenoxy) is 1. The second-order valence-corrected chi connectivity index (χ2v) is 3.45. The van der Waals surface area contributed by atoms with Crippen LogP contribution < -0.4 is 5.11 Å². The van der Waals surface area contributed by atoms with E-state index in [1.54, 1.807) is 6.08 Å². The molecule has 0 radical (unpaired) electrons. The Morgan fingerprint density at radius 2 is 2.55 bits per heavy atom. The quantitative estimate of drug-likeness (QED) is 0.493. The maximum atomic E-state index is 11.3. The van der Waals surface area contributed by atoms with Crippen LogP contribution in [-0.4, -0.2) is 23.3 Å². The third kappa shape index (κ3) is 0.774. The molecule has 0 spiro atoms. The van der Waals surface area contributed by atoms with Crippen LogP contribution in [0.4, 0.5) is 0 Å². The first-order valence-electron chi connectivity index (χ1n) is 3.94. The monoisotopic (exact) mass is 154 g/mol. The highest BCUT2D eigenvalue weighted by molar-refractivity contribution is 5.10. The summed E-state index contributed by atoms with van der Waals surface area (Å²) in [5, 5.41) is 11.3. The van der Waals surface area contributed by atoms with Gasteiger partial charge in [0.25, 0.3) is 0 Å². The van der Waals surface area contributed by atoms with Gasteiger partial charge in [-0.15, -0.1) is 0 Å². The maximum absolute atomic E-state index is 11.3. The van der Waals surface area contributed by atoms with Gasteiger partial charge in [-0.1, -0.05) is 6.08 Å². The van der Waals surface area contributed by atoms with E-state index >= 15 is 0 Å². The van der Waals surface area contributed by atoms with E-state index in [-0.39, 0.29) is 17.6 Å². The predicted molar refractivity (Wildman–Crippen MR) is 38.4 cm³/mol. The molecule has 2 aliphatic heterocycles. The number of nitrogens with zero attached hydrogens (tertiary/aromatic N) is 1. The van der Waals surface area contributed by atoms with Crippen molar-refractivity contribution in [1.82, 2.24) is 4.90 Å². The van der Waals surface area contributed by atoms with Gasteiger partial charge in [-0.05, 0) is 19.7 Å². The molecular formula is C8H12NO2-. The van der Waals surface area contributed by atoms with Crippen LogP contribution in [0.2, 0.25) is 0 Å². The van der Waals surface area contributed by atoms with Crippen molar-refractivity contribution in [3.63, 3.8) is 0 Å². The lowest BCUT2D eigenvalue weighted by molar-refractivity contribution is -0.339. The zero-order chi connectivity index (χ0) is 8.06. The number of rotatable bonds is 0. The molecule has 1 fully saturated rings. The molecule has 0 aromatic rings. The predicted octanol–water partition coefficient (Wildman–Crippen LogP) is 0.0287. The highest BCUT2D eigenvalue weighted by Gasteiger charge is 2.43. The van der Waals surface area contributed by atoms with Gasteiger partial charge in [-0.25, -0.2) is 0 Å². The van der Waals surface area contributed by atoms with Crippen molar-refractivity contribution in [2.75, 3.05) is 6.61 Å². The highest BCUT2D eigenvalue weighted by atomic mass is 16.5. The van der Waals surface area contributed by atoms with Crippen LogP contribution in [0, 0.1) is 0 Å². The van der Waals surface area contributed by atoms with Crippen molar-refractivity contribution in [1.29, 1.82) is 0 Å². The number of fused-ring (bicyclic) bond motifs is 1. The summed E-state index contributed by atoms with van der Waals surface area (Å²) in [6, 6.07) is 0.242. The minimum Gasteiger partial charge on any atom is -0.860 e. The molecule has 0 saturated carbocycles. The highest BCUT2D eigenvalue weighted by Crippen LogP contribution is 2.37. The molecule has 1 saturated heterocycles. The molecule has 2 aliphatic rings. The third-order valence-corrected chi connectivity index (χ3v) is 2.48. The summed E-state index contributed by atoms with van der Waals surface area (Å²) in [7, 11) is 0. The summed E-state index contributed by atoms with van der Waals surface area (Å²) in [6.07, 6.45) is 2.44. The van der Waals surface area contributed by atoms with E-state index in [4.69, 9.17) is 4.74 Å². The molecule has 3 heteroatoms. The average Bonchev–Trinajstić information content (AvgIpc) is 2.38. The first-order chi connectivity index (χ1) is 5.13. The molecule has 62 valence electrons. The summed E-state index contributed by atoms with van der Waals surface area (Å²) >= 11 is 0. The zero-order valence-corrected chi connectivity index (χ0v) is 6.83. The van der Waals surface area contributed by atoms with Gasteiger partial charge in [-0.3, -0.25) is 0 Å². The maximum Gasteiger partial charge on any atom is 0.141 e. The topological polar surface area (TPSA) is 35.5 Å². The molecule has 0 aromatic carbocycles.